The Labute approximate surface area is 153 Å². The number of hydrogen-bond donors (Lipinski definition) is 1. The van der Waals surface area contributed by atoms with Crippen LogP contribution in [0, 0.1) is 0 Å². The van der Waals surface area contributed by atoms with Crippen LogP contribution in [-0.4, -0.2) is 26.2 Å². The number of nitrogens with one attached hydrogen (secondary N) is 1. The Hall–Kier alpha value is -3.35. The summed E-state index contributed by atoms with van der Waals surface area (Å²) in [6, 6.07) is 9.21. The van der Waals surface area contributed by atoms with Crippen molar-refractivity contribution in [3.63, 3.8) is 0 Å². The summed E-state index contributed by atoms with van der Waals surface area (Å²) in [6.07, 6.45) is 9.57. The standard InChI is InChI=1S/C20H17FN4O2/c21-12-27-16-5-3-15(4-6-16)25-11-18(13-9-22-23-10-13)17-7-8-24(14-1-2-14)19(17)20(25)26/h3-11,14H,1-2,12H2,(H,22,23). The van der Waals surface area contributed by atoms with Crippen LogP contribution in [0.1, 0.15) is 18.9 Å². The third-order valence-electron chi connectivity index (χ3n) is 4.97. The zero-order valence-corrected chi connectivity index (χ0v) is 14.4. The Morgan fingerprint density at radius 1 is 1.22 bits per heavy atom. The van der Waals surface area contributed by atoms with Crippen molar-refractivity contribution < 1.29 is 9.13 Å². The smallest absolute Gasteiger partial charge is 0.279 e. The van der Waals surface area contributed by atoms with E-state index in [2.05, 4.69) is 14.8 Å². The number of H-pyrrole nitrogens is 1. The minimum atomic E-state index is -0.884. The average Bonchev–Trinajstić information content (AvgIpc) is 3.19. The molecule has 1 N–H and O–H groups in total. The number of nitrogens with zero attached hydrogens (tertiary/aromatic N) is 3. The first-order chi connectivity index (χ1) is 13.3. The van der Waals surface area contributed by atoms with E-state index in [9.17, 15) is 9.18 Å². The van der Waals surface area contributed by atoms with Gasteiger partial charge >= 0.3 is 0 Å². The molecule has 0 aliphatic heterocycles. The highest BCUT2D eigenvalue weighted by atomic mass is 19.1. The second kappa shape index (κ2) is 6.12. The molecule has 0 atom stereocenters. The molecule has 4 aromatic rings. The minimum absolute atomic E-state index is 0.0756. The third-order valence-corrected chi connectivity index (χ3v) is 4.97. The lowest BCUT2D eigenvalue weighted by molar-refractivity contribution is 0.192. The van der Waals surface area contributed by atoms with E-state index in [4.69, 9.17) is 4.74 Å². The number of ether oxygens (including phenoxy) is 1. The van der Waals surface area contributed by atoms with Crippen molar-refractivity contribution in [3.05, 3.63) is 65.5 Å². The molecule has 1 aliphatic carbocycles. The predicted octanol–water partition coefficient (Wildman–Crippen LogP) is 3.82. The number of hydrogen-bond acceptors (Lipinski definition) is 3. The SMILES string of the molecule is O=c1c2c(ccn2C2CC2)c(-c2cn[nH]c2)cn1-c1ccc(OCF)cc1. The van der Waals surface area contributed by atoms with Crippen LogP contribution < -0.4 is 10.3 Å². The molecular formula is C20H17FN4O2. The number of aromatic amines is 1. The second-order valence-corrected chi connectivity index (χ2v) is 6.67. The number of rotatable bonds is 5. The van der Waals surface area contributed by atoms with Crippen molar-refractivity contribution in [3.8, 4) is 22.6 Å². The molecule has 0 unspecified atom stereocenters. The van der Waals surface area contributed by atoms with E-state index < -0.39 is 6.86 Å². The van der Waals surface area contributed by atoms with Crippen molar-refractivity contribution in [2.45, 2.75) is 18.9 Å². The Morgan fingerprint density at radius 2 is 2.04 bits per heavy atom. The fourth-order valence-corrected chi connectivity index (χ4v) is 3.50. The third kappa shape index (κ3) is 2.63. The molecule has 6 nitrogen and oxygen atoms in total. The highest BCUT2D eigenvalue weighted by Gasteiger charge is 2.27. The topological polar surface area (TPSA) is 64.8 Å². The largest absolute Gasteiger partial charge is 0.463 e. The van der Waals surface area contributed by atoms with Gasteiger partial charge in [-0.1, -0.05) is 0 Å². The van der Waals surface area contributed by atoms with Crippen LogP contribution >= 0.6 is 0 Å². The monoisotopic (exact) mass is 364 g/mol. The van der Waals surface area contributed by atoms with Crippen LogP contribution in [0.3, 0.4) is 0 Å². The molecule has 0 bridgehead atoms. The summed E-state index contributed by atoms with van der Waals surface area (Å²) in [5, 5.41) is 7.80. The van der Waals surface area contributed by atoms with E-state index in [1.54, 1.807) is 35.0 Å². The summed E-state index contributed by atoms with van der Waals surface area (Å²) in [4.78, 5) is 13.3. The van der Waals surface area contributed by atoms with Gasteiger partial charge in [0.25, 0.3) is 5.56 Å². The zero-order chi connectivity index (χ0) is 18.4. The van der Waals surface area contributed by atoms with Gasteiger partial charge in [0.15, 0.2) is 0 Å². The zero-order valence-electron chi connectivity index (χ0n) is 14.4. The molecule has 0 spiro atoms. The van der Waals surface area contributed by atoms with Gasteiger partial charge in [0.1, 0.15) is 11.3 Å². The summed E-state index contributed by atoms with van der Waals surface area (Å²) in [5.41, 5.74) is 3.16. The quantitative estimate of drug-likeness (QED) is 0.585. The first kappa shape index (κ1) is 15.9. The minimum Gasteiger partial charge on any atom is -0.463 e. The van der Waals surface area contributed by atoms with Crippen molar-refractivity contribution in [1.29, 1.82) is 0 Å². The summed E-state index contributed by atoms with van der Waals surface area (Å²) in [7, 11) is 0. The molecule has 0 amide bonds. The number of halogens is 1. The van der Waals surface area contributed by atoms with Gasteiger partial charge in [-0.2, -0.15) is 5.10 Å². The lowest BCUT2D eigenvalue weighted by atomic mass is 10.1. The molecule has 5 rings (SSSR count). The molecule has 0 saturated heterocycles. The van der Waals surface area contributed by atoms with Gasteiger partial charge in [-0.05, 0) is 43.2 Å². The Morgan fingerprint density at radius 3 is 2.70 bits per heavy atom. The molecule has 1 aliphatic rings. The number of pyridine rings is 1. The first-order valence-electron chi connectivity index (χ1n) is 8.81. The molecule has 1 saturated carbocycles. The summed E-state index contributed by atoms with van der Waals surface area (Å²) in [6.45, 7) is -0.884. The van der Waals surface area contributed by atoms with Crippen LogP contribution in [0.25, 0.3) is 27.7 Å². The van der Waals surface area contributed by atoms with Crippen LogP contribution in [0.4, 0.5) is 4.39 Å². The van der Waals surface area contributed by atoms with E-state index in [1.165, 1.54) is 0 Å². The Kier molecular flexibility index (Phi) is 3.60. The maximum atomic E-state index is 13.3. The highest BCUT2D eigenvalue weighted by Crippen LogP contribution is 2.38. The van der Waals surface area contributed by atoms with Gasteiger partial charge in [0, 0.05) is 46.8 Å². The normalized spacial score (nSPS) is 14.0. The van der Waals surface area contributed by atoms with Crippen LogP contribution in [0.5, 0.6) is 5.75 Å². The van der Waals surface area contributed by atoms with Gasteiger partial charge in [-0.25, -0.2) is 4.39 Å². The van der Waals surface area contributed by atoms with Crippen molar-refractivity contribution in [1.82, 2.24) is 19.3 Å². The Balaban J connectivity index is 1.75. The molecule has 136 valence electrons. The van der Waals surface area contributed by atoms with Gasteiger partial charge in [0.2, 0.25) is 6.86 Å². The first-order valence-corrected chi connectivity index (χ1v) is 8.81. The molecule has 27 heavy (non-hydrogen) atoms. The number of alkyl halides is 1. The van der Waals surface area contributed by atoms with Crippen molar-refractivity contribution in [2.75, 3.05) is 6.86 Å². The predicted molar refractivity (Wildman–Crippen MR) is 100.0 cm³/mol. The average molecular weight is 364 g/mol. The van der Waals surface area contributed by atoms with Crippen LogP contribution in [0.15, 0.2) is 59.9 Å². The maximum absolute atomic E-state index is 13.3. The van der Waals surface area contributed by atoms with E-state index in [0.717, 1.165) is 29.4 Å². The van der Waals surface area contributed by atoms with Crippen LogP contribution in [0.2, 0.25) is 0 Å². The van der Waals surface area contributed by atoms with E-state index in [1.807, 2.05) is 24.7 Å². The fourth-order valence-electron chi connectivity index (χ4n) is 3.50. The summed E-state index contributed by atoms with van der Waals surface area (Å²) in [5.74, 6) is 0.423. The maximum Gasteiger partial charge on any atom is 0.279 e. The molecular weight excluding hydrogens is 347 g/mol. The number of benzene rings is 1. The molecule has 3 aromatic heterocycles. The second-order valence-electron chi connectivity index (χ2n) is 6.67. The van der Waals surface area contributed by atoms with Crippen LogP contribution in [-0.2, 0) is 0 Å². The van der Waals surface area contributed by atoms with E-state index in [0.29, 0.717) is 23.0 Å². The lowest BCUT2D eigenvalue weighted by Crippen LogP contribution is -2.20. The molecule has 1 aromatic carbocycles. The van der Waals surface area contributed by atoms with E-state index >= 15 is 0 Å². The number of aromatic nitrogens is 4. The Bertz CT molecular complexity index is 1160. The molecule has 0 radical (unpaired) electrons. The van der Waals surface area contributed by atoms with Gasteiger partial charge in [-0.15, -0.1) is 0 Å². The van der Waals surface area contributed by atoms with Gasteiger partial charge < -0.3 is 9.30 Å². The van der Waals surface area contributed by atoms with Gasteiger partial charge in [-0.3, -0.25) is 14.5 Å². The molecule has 7 heteroatoms. The molecule has 3 heterocycles. The summed E-state index contributed by atoms with van der Waals surface area (Å²) >= 11 is 0. The number of fused-ring (bicyclic) bond motifs is 1. The van der Waals surface area contributed by atoms with E-state index in [-0.39, 0.29) is 5.56 Å². The van der Waals surface area contributed by atoms with Gasteiger partial charge in [0.05, 0.1) is 6.20 Å². The fraction of sp³-hybridized carbons (Fsp3) is 0.200. The summed E-state index contributed by atoms with van der Waals surface area (Å²) < 4.78 is 20.9. The molecule has 1 fully saturated rings. The van der Waals surface area contributed by atoms with Crippen molar-refractivity contribution in [2.24, 2.45) is 0 Å². The van der Waals surface area contributed by atoms with Crippen molar-refractivity contribution >= 4 is 10.9 Å². The highest BCUT2D eigenvalue weighted by molar-refractivity contribution is 5.94. The lowest BCUT2D eigenvalue weighted by Gasteiger charge is -2.12.